The molecule has 0 nitrogen and oxygen atoms in total. The summed E-state index contributed by atoms with van der Waals surface area (Å²) in [6, 6.07) is 43.7. The van der Waals surface area contributed by atoms with Crippen molar-refractivity contribution in [1.29, 1.82) is 0 Å². The Balaban J connectivity index is 1.28. The third-order valence-corrected chi connectivity index (χ3v) is 13.7. The van der Waals surface area contributed by atoms with Crippen LogP contribution in [-0.4, -0.2) is 0 Å². The highest BCUT2D eigenvalue weighted by molar-refractivity contribution is 7.26. The van der Waals surface area contributed by atoms with E-state index in [9.17, 15) is 0 Å². The summed E-state index contributed by atoms with van der Waals surface area (Å²) in [5, 5.41) is 6.89. The number of rotatable bonds is 5. The Morgan fingerprint density at radius 1 is 0.542 bits per heavy atom. The van der Waals surface area contributed by atoms with E-state index >= 15 is 0 Å². The van der Waals surface area contributed by atoms with E-state index in [0.29, 0.717) is 0 Å². The molecule has 0 fully saturated rings. The highest BCUT2D eigenvalue weighted by Gasteiger charge is 2.21. The van der Waals surface area contributed by atoms with Gasteiger partial charge in [-0.3, -0.25) is 0 Å². The van der Waals surface area contributed by atoms with Crippen LogP contribution in [0.3, 0.4) is 0 Å². The Bertz CT molecular complexity index is 2610. The highest BCUT2D eigenvalue weighted by Crippen LogP contribution is 2.47. The van der Waals surface area contributed by atoms with Crippen LogP contribution < -0.4 is 0 Å². The minimum atomic E-state index is 1.12. The van der Waals surface area contributed by atoms with Gasteiger partial charge in [0.1, 0.15) is 0 Å². The topological polar surface area (TPSA) is 0 Å². The molecule has 230 valence electrons. The summed E-state index contributed by atoms with van der Waals surface area (Å²) in [4.78, 5) is 1.45. The average molecular weight is 669 g/mol. The molecule has 0 aliphatic heterocycles. The van der Waals surface area contributed by atoms with Gasteiger partial charge in [-0.2, -0.15) is 0 Å². The van der Waals surface area contributed by atoms with Gasteiger partial charge in [-0.1, -0.05) is 104 Å². The first kappa shape index (κ1) is 28.5. The van der Waals surface area contributed by atoms with Gasteiger partial charge in [0.05, 0.1) is 0 Å². The van der Waals surface area contributed by atoms with Crippen LogP contribution in [0.15, 0.2) is 121 Å². The summed E-state index contributed by atoms with van der Waals surface area (Å²) in [5.74, 6) is 0. The maximum Gasteiger partial charge on any atom is 0.0433 e. The third kappa shape index (κ3) is 4.38. The van der Waals surface area contributed by atoms with Crippen LogP contribution in [0.1, 0.15) is 35.8 Å². The van der Waals surface area contributed by atoms with Gasteiger partial charge in [0, 0.05) is 55.3 Å². The van der Waals surface area contributed by atoms with Crippen LogP contribution in [0, 0.1) is 0 Å². The Morgan fingerprint density at radius 3 is 1.71 bits per heavy atom. The van der Waals surface area contributed by atoms with Gasteiger partial charge in [-0.25, -0.2) is 0 Å². The molecule has 0 saturated carbocycles. The van der Waals surface area contributed by atoms with Crippen LogP contribution >= 0.6 is 34.0 Å². The molecule has 9 aromatic rings. The first-order valence-corrected chi connectivity index (χ1v) is 19.4. The summed E-state index contributed by atoms with van der Waals surface area (Å²) < 4.78 is 6.86. The SMILES string of the molecule is CCCc1ccc(-c2cc(-c3cccc4c3sc3ccccc34)cc(-c3cccc4c3sc3ccccc34)c2)c2sc3c(c12)CCC=C3. The average Bonchev–Trinajstić information content (AvgIpc) is 3.83. The summed E-state index contributed by atoms with van der Waals surface area (Å²) >= 11 is 5.83. The molecular weight excluding hydrogens is 637 g/mol. The summed E-state index contributed by atoms with van der Waals surface area (Å²) in [6.07, 6.45) is 9.28. The fourth-order valence-electron chi connectivity index (χ4n) is 7.90. The van der Waals surface area contributed by atoms with Gasteiger partial charge in [0.2, 0.25) is 0 Å². The van der Waals surface area contributed by atoms with E-state index in [4.69, 9.17) is 0 Å². The molecule has 0 atom stereocenters. The van der Waals surface area contributed by atoms with Crippen molar-refractivity contribution in [2.24, 2.45) is 0 Å². The molecule has 0 N–H and O–H groups in total. The zero-order chi connectivity index (χ0) is 31.8. The maximum absolute atomic E-state index is 2.47. The zero-order valence-electron chi connectivity index (χ0n) is 26.7. The van der Waals surface area contributed by atoms with Gasteiger partial charge in [0.15, 0.2) is 0 Å². The third-order valence-electron chi connectivity index (χ3n) is 10.1. The van der Waals surface area contributed by atoms with Crippen molar-refractivity contribution in [3.8, 4) is 33.4 Å². The lowest BCUT2D eigenvalue weighted by atomic mass is 9.89. The van der Waals surface area contributed by atoms with E-state index in [1.807, 2.05) is 34.0 Å². The van der Waals surface area contributed by atoms with Crippen molar-refractivity contribution >= 4 is 90.5 Å². The number of allylic oxidation sites excluding steroid dienone is 1. The maximum atomic E-state index is 2.47. The molecule has 0 saturated heterocycles. The number of hydrogen-bond donors (Lipinski definition) is 0. The molecule has 48 heavy (non-hydrogen) atoms. The van der Waals surface area contributed by atoms with Crippen LogP contribution in [0.25, 0.3) is 89.9 Å². The molecule has 0 amide bonds. The standard InChI is InChI=1S/C45H32S3/c1-2-11-27-22-23-33(45-42(27)38-14-5-8-21-41(38)48-45)30-25-28(31-15-9-17-36-34-12-3-6-19-39(34)46-43(31)36)24-29(26-30)32-16-10-18-37-35-13-4-7-20-40(35)47-44(32)37/h3-4,6-10,12-13,15-26H,2,5,11,14H2,1H3. The molecule has 3 heterocycles. The van der Waals surface area contributed by atoms with Crippen LogP contribution in [0.5, 0.6) is 0 Å². The zero-order valence-corrected chi connectivity index (χ0v) is 29.1. The van der Waals surface area contributed by atoms with E-state index in [2.05, 4.69) is 134 Å². The largest absolute Gasteiger partial charge is 0.135 e. The molecule has 1 aliphatic rings. The van der Waals surface area contributed by atoms with Gasteiger partial charge in [-0.15, -0.1) is 34.0 Å². The van der Waals surface area contributed by atoms with Crippen molar-refractivity contribution in [2.75, 3.05) is 0 Å². The number of benzene rings is 6. The predicted molar refractivity (Wildman–Crippen MR) is 215 cm³/mol. The Kier molecular flexibility index (Phi) is 6.69. The molecule has 6 aromatic carbocycles. The second-order valence-corrected chi connectivity index (χ2v) is 16.1. The van der Waals surface area contributed by atoms with Crippen LogP contribution in [-0.2, 0) is 12.8 Å². The van der Waals surface area contributed by atoms with Crippen molar-refractivity contribution in [1.82, 2.24) is 0 Å². The molecule has 0 spiro atoms. The van der Waals surface area contributed by atoms with Crippen molar-refractivity contribution < 1.29 is 0 Å². The Hall–Kier alpha value is -4.54. The first-order chi connectivity index (χ1) is 23.7. The lowest BCUT2D eigenvalue weighted by Gasteiger charge is -2.15. The molecular formula is C45H32S3. The molecule has 0 unspecified atom stereocenters. The molecule has 10 rings (SSSR count). The quantitative estimate of drug-likeness (QED) is 0.171. The van der Waals surface area contributed by atoms with E-state index in [-0.39, 0.29) is 0 Å². The minimum Gasteiger partial charge on any atom is -0.135 e. The number of hydrogen-bond acceptors (Lipinski definition) is 3. The molecule has 3 heteroatoms. The van der Waals surface area contributed by atoms with Crippen molar-refractivity contribution in [2.45, 2.75) is 32.6 Å². The molecule has 0 radical (unpaired) electrons. The van der Waals surface area contributed by atoms with E-state index in [1.54, 1.807) is 5.56 Å². The number of thiophene rings is 3. The predicted octanol–water partition coefficient (Wildman–Crippen LogP) is 14.5. The second-order valence-electron chi connectivity index (χ2n) is 13.0. The van der Waals surface area contributed by atoms with Gasteiger partial charge < -0.3 is 0 Å². The number of aryl methyl sites for hydroxylation is 2. The fourth-order valence-corrected chi connectivity index (χ4v) is 11.7. The van der Waals surface area contributed by atoms with E-state index in [0.717, 1.165) is 25.7 Å². The van der Waals surface area contributed by atoms with Crippen molar-refractivity contribution in [3.63, 3.8) is 0 Å². The smallest absolute Gasteiger partial charge is 0.0433 e. The van der Waals surface area contributed by atoms with Gasteiger partial charge in [0.25, 0.3) is 0 Å². The summed E-state index contributed by atoms with van der Waals surface area (Å²) in [6.45, 7) is 2.30. The van der Waals surface area contributed by atoms with Crippen molar-refractivity contribution in [3.05, 3.63) is 137 Å². The highest BCUT2D eigenvalue weighted by atomic mass is 32.1. The summed E-state index contributed by atoms with van der Waals surface area (Å²) in [7, 11) is 0. The van der Waals surface area contributed by atoms with E-state index < -0.39 is 0 Å². The lowest BCUT2D eigenvalue weighted by Crippen LogP contribution is -1.94. The van der Waals surface area contributed by atoms with Crippen LogP contribution in [0.2, 0.25) is 0 Å². The second kappa shape index (κ2) is 11.3. The first-order valence-electron chi connectivity index (χ1n) is 17.0. The molecule has 3 aromatic heterocycles. The molecule has 1 aliphatic carbocycles. The normalized spacial score (nSPS) is 13.0. The van der Waals surface area contributed by atoms with Gasteiger partial charge >= 0.3 is 0 Å². The number of fused-ring (bicyclic) bond motifs is 9. The van der Waals surface area contributed by atoms with E-state index in [1.165, 1.54) is 94.3 Å². The van der Waals surface area contributed by atoms with Crippen LogP contribution in [0.4, 0.5) is 0 Å². The Labute approximate surface area is 292 Å². The summed E-state index contributed by atoms with van der Waals surface area (Å²) in [5.41, 5.74) is 10.9. The Morgan fingerprint density at radius 2 is 1.10 bits per heavy atom. The monoisotopic (exact) mass is 668 g/mol. The molecule has 0 bridgehead atoms. The van der Waals surface area contributed by atoms with Gasteiger partial charge in [-0.05, 0) is 100 Å². The minimum absolute atomic E-state index is 1.12. The fraction of sp³-hybridized carbons (Fsp3) is 0.111. The lowest BCUT2D eigenvalue weighted by molar-refractivity contribution is 0.925.